The Morgan fingerprint density at radius 2 is 2.33 bits per heavy atom. The summed E-state index contributed by atoms with van der Waals surface area (Å²) in [5.41, 5.74) is 0. The van der Waals surface area contributed by atoms with E-state index in [1.807, 2.05) is 13.8 Å². The first-order valence-corrected chi connectivity index (χ1v) is 4.53. The molecule has 0 aromatic carbocycles. The first-order valence-electron chi connectivity index (χ1n) is 4.53. The van der Waals surface area contributed by atoms with Gasteiger partial charge in [0, 0.05) is 12.5 Å². The lowest BCUT2D eigenvalue weighted by molar-refractivity contribution is -0.00580. The van der Waals surface area contributed by atoms with Crippen molar-refractivity contribution in [1.29, 1.82) is 0 Å². The van der Waals surface area contributed by atoms with Gasteiger partial charge in [-0.25, -0.2) is 0 Å². The fourth-order valence-corrected chi connectivity index (χ4v) is 1.04. The average Bonchev–Trinajstić information content (AvgIpc) is 2.05. The fraction of sp³-hybridized carbons (Fsp3) is 0.800. The van der Waals surface area contributed by atoms with Crippen LogP contribution in [0, 0.1) is 17.9 Å². The Hall–Kier alpha value is -0.680. The molecule has 1 aliphatic rings. The van der Waals surface area contributed by atoms with Crippen molar-refractivity contribution in [3.63, 3.8) is 0 Å². The molecule has 0 saturated carbocycles. The minimum absolute atomic E-state index is 0.199. The average molecular weight is 168 g/mol. The lowest BCUT2D eigenvalue weighted by Gasteiger charge is -2.19. The van der Waals surface area contributed by atoms with Crippen molar-refractivity contribution in [3.8, 4) is 12.0 Å². The molecule has 1 unspecified atom stereocenters. The van der Waals surface area contributed by atoms with E-state index in [0.717, 1.165) is 19.4 Å². The third-order valence-electron chi connectivity index (χ3n) is 1.69. The van der Waals surface area contributed by atoms with Crippen LogP contribution < -0.4 is 0 Å². The molecule has 0 aromatic rings. The van der Waals surface area contributed by atoms with Gasteiger partial charge in [-0.2, -0.15) is 0 Å². The number of hydrogen-bond donors (Lipinski definition) is 0. The van der Waals surface area contributed by atoms with Crippen LogP contribution in [0.15, 0.2) is 0 Å². The van der Waals surface area contributed by atoms with Gasteiger partial charge in [0.05, 0.1) is 6.61 Å². The molecule has 0 radical (unpaired) electrons. The van der Waals surface area contributed by atoms with Crippen LogP contribution in [0.4, 0.5) is 0 Å². The summed E-state index contributed by atoms with van der Waals surface area (Å²) in [5, 5.41) is 0. The van der Waals surface area contributed by atoms with Gasteiger partial charge in [-0.15, -0.1) is 0 Å². The van der Waals surface area contributed by atoms with Crippen molar-refractivity contribution in [1.82, 2.24) is 0 Å². The predicted octanol–water partition coefficient (Wildman–Crippen LogP) is 1.80. The zero-order valence-corrected chi connectivity index (χ0v) is 7.80. The smallest absolute Gasteiger partial charge is 0.134 e. The van der Waals surface area contributed by atoms with E-state index >= 15 is 0 Å². The maximum Gasteiger partial charge on any atom is 0.134 e. The van der Waals surface area contributed by atoms with Gasteiger partial charge in [-0.1, -0.05) is 19.8 Å². The molecule has 0 aromatic heterocycles. The molecule has 1 atom stereocenters. The Bertz CT molecular complexity index is 170. The Morgan fingerprint density at radius 3 is 2.92 bits per heavy atom. The van der Waals surface area contributed by atoms with E-state index in [9.17, 15) is 0 Å². The van der Waals surface area contributed by atoms with E-state index in [0.29, 0.717) is 12.5 Å². The van der Waals surface area contributed by atoms with Gasteiger partial charge >= 0.3 is 0 Å². The Kier molecular flexibility index (Phi) is 3.96. The third kappa shape index (κ3) is 3.64. The normalized spacial score (nSPS) is 23.1. The van der Waals surface area contributed by atoms with Crippen LogP contribution in [-0.4, -0.2) is 19.3 Å². The first kappa shape index (κ1) is 9.41. The van der Waals surface area contributed by atoms with Gasteiger partial charge < -0.3 is 9.47 Å². The van der Waals surface area contributed by atoms with Crippen molar-refractivity contribution in [2.75, 3.05) is 13.2 Å². The third-order valence-corrected chi connectivity index (χ3v) is 1.69. The Labute approximate surface area is 74.2 Å². The highest BCUT2D eigenvalue weighted by molar-refractivity contribution is 4.95. The van der Waals surface area contributed by atoms with Gasteiger partial charge in [0.2, 0.25) is 0 Å². The lowest BCUT2D eigenvalue weighted by Crippen LogP contribution is -2.23. The van der Waals surface area contributed by atoms with Crippen molar-refractivity contribution in [2.45, 2.75) is 32.8 Å². The maximum absolute atomic E-state index is 5.31. The van der Waals surface area contributed by atoms with Crippen LogP contribution in [0.3, 0.4) is 0 Å². The molecule has 0 aliphatic carbocycles. The van der Waals surface area contributed by atoms with Crippen LogP contribution in [0.1, 0.15) is 26.7 Å². The van der Waals surface area contributed by atoms with Crippen LogP contribution in [0.2, 0.25) is 0 Å². The van der Waals surface area contributed by atoms with Crippen molar-refractivity contribution in [3.05, 3.63) is 0 Å². The molecule has 1 heterocycles. The number of hydrogen-bond acceptors (Lipinski definition) is 2. The second kappa shape index (κ2) is 5.05. The molecule has 0 amide bonds. The quantitative estimate of drug-likeness (QED) is 0.556. The van der Waals surface area contributed by atoms with E-state index in [2.05, 4.69) is 12.0 Å². The first-order chi connectivity index (χ1) is 5.79. The van der Waals surface area contributed by atoms with E-state index in [1.54, 1.807) is 0 Å². The summed E-state index contributed by atoms with van der Waals surface area (Å²) in [7, 11) is 0. The predicted molar refractivity (Wildman–Crippen MR) is 47.5 cm³/mol. The second-order valence-electron chi connectivity index (χ2n) is 3.36. The Balaban J connectivity index is 2.18. The molecule has 68 valence electrons. The van der Waals surface area contributed by atoms with Crippen molar-refractivity contribution >= 4 is 0 Å². The molecule has 0 bridgehead atoms. The van der Waals surface area contributed by atoms with Gasteiger partial charge in [-0.3, -0.25) is 0 Å². The summed E-state index contributed by atoms with van der Waals surface area (Å²) in [5.74, 6) is 3.35. The molecular weight excluding hydrogens is 152 g/mol. The highest BCUT2D eigenvalue weighted by atomic mass is 16.5. The summed E-state index contributed by atoms with van der Waals surface area (Å²) in [6.07, 6.45) is 5.09. The minimum Gasteiger partial charge on any atom is -0.441 e. The Morgan fingerprint density at radius 1 is 1.50 bits per heavy atom. The molecule has 1 rings (SSSR count). The van der Waals surface area contributed by atoms with E-state index in [4.69, 9.17) is 9.47 Å². The second-order valence-corrected chi connectivity index (χ2v) is 3.36. The topological polar surface area (TPSA) is 18.5 Å². The SMILES string of the molecule is CC(C)C#COC1CCCOC1. The van der Waals surface area contributed by atoms with E-state index in [-0.39, 0.29) is 6.10 Å². The van der Waals surface area contributed by atoms with Gasteiger partial charge in [0.1, 0.15) is 12.2 Å². The summed E-state index contributed by atoms with van der Waals surface area (Å²) < 4.78 is 10.6. The highest BCUT2D eigenvalue weighted by Gasteiger charge is 2.13. The summed E-state index contributed by atoms with van der Waals surface area (Å²) >= 11 is 0. The van der Waals surface area contributed by atoms with Crippen LogP contribution in [0.5, 0.6) is 0 Å². The van der Waals surface area contributed by atoms with Gasteiger partial charge in [0.25, 0.3) is 0 Å². The van der Waals surface area contributed by atoms with E-state index < -0.39 is 0 Å². The molecule has 12 heavy (non-hydrogen) atoms. The lowest BCUT2D eigenvalue weighted by atomic mass is 10.2. The number of rotatable bonds is 1. The monoisotopic (exact) mass is 168 g/mol. The molecule has 1 saturated heterocycles. The summed E-state index contributed by atoms with van der Waals surface area (Å²) in [4.78, 5) is 0. The molecule has 0 spiro atoms. The highest BCUT2D eigenvalue weighted by Crippen LogP contribution is 2.08. The van der Waals surface area contributed by atoms with Gasteiger partial charge in [-0.05, 0) is 12.8 Å². The fourth-order valence-electron chi connectivity index (χ4n) is 1.04. The zero-order valence-electron chi connectivity index (χ0n) is 7.80. The summed E-state index contributed by atoms with van der Waals surface area (Å²) in [6, 6.07) is 0. The molecule has 1 fully saturated rings. The molecule has 2 nitrogen and oxygen atoms in total. The largest absolute Gasteiger partial charge is 0.441 e. The zero-order chi connectivity index (χ0) is 8.81. The van der Waals surface area contributed by atoms with Crippen LogP contribution in [0.25, 0.3) is 0 Å². The van der Waals surface area contributed by atoms with Crippen LogP contribution in [-0.2, 0) is 9.47 Å². The summed E-state index contributed by atoms with van der Waals surface area (Å²) in [6.45, 7) is 5.67. The van der Waals surface area contributed by atoms with Crippen LogP contribution >= 0.6 is 0 Å². The van der Waals surface area contributed by atoms with E-state index in [1.165, 1.54) is 0 Å². The molecular formula is C10H16O2. The molecule has 0 N–H and O–H groups in total. The number of ether oxygens (including phenoxy) is 2. The molecule has 1 aliphatic heterocycles. The van der Waals surface area contributed by atoms with Crippen molar-refractivity contribution in [2.24, 2.45) is 5.92 Å². The molecule has 2 heteroatoms. The minimum atomic E-state index is 0.199. The standard InChI is InChI=1S/C10H16O2/c1-9(2)5-7-12-10-4-3-6-11-8-10/h9-10H,3-4,6,8H2,1-2H3. The van der Waals surface area contributed by atoms with Crippen molar-refractivity contribution < 1.29 is 9.47 Å². The maximum atomic E-state index is 5.31. The van der Waals surface area contributed by atoms with Gasteiger partial charge in [0.15, 0.2) is 0 Å².